The van der Waals surface area contributed by atoms with Crippen molar-refractivity contribution in [3.63, 3.8) is 0 Å². The van der Waals surface area contributed by atoms with Crippen molar-refractivity contribution in [1.82, 2.24) is 5.32 Å². The molecular weight excluding hydrogens is 500 g/mol. The molecule has 2 amide bonds. The largest absolute Gasteiger partial charge is 0.487 e. The number of carbonyl (C=O) groups is 2. The Bertz CT molecular complexity index is 1380. The van der Waals surface area contributed by atoms with Crippen LogP contribution in [-0.2, 0) is 9.53 Å². The zero-order chi connectivity index (χ0) is 26.9. The molecule has 0 unspecified atom stereocenters. The lowest BCUT2D eigenvalue weighted by Gasteiger charge is -2.37. The summed E-state index contributed by atoms with van der Waals surface area (Å²) in [7, 11) is 0. The first-order valence-corrected chi connectivity index (χ1v) is 13.1. The predicted octanol–water partition coefficient (Wildman–Crippen LogP) is 3.93. The van der Waals surface area contributed by atoms with Gasteiger partial charge in [0.2, 0.25) is 12.7 Å². The molecule has 39 heavy (non-hydrogen) atoms. The first-order chi connectivity index (χ1) is 19.0. The summed E-state index contributed by atoms with van der Waals surface area (Å²) >= 11 is 0. The number of fused-ring (bicyclic) bond motifs is 4. The Kier molecular flexibility index (Phi) is 6.85. The summed E-state index contributed by atoms with van der Waals surface area (Å²) in [6, 6.07) is 20.2. The molecule has 0 aliphatic carbocycles. The molecule has 0 saturated carbocycles. The molecule has 3 aliphatic rings. The molecule has 9 heteroatoms. The zero-order valence-electron chi connectivity index (χ0n) is 21.5. The van der Waals surface area contributed by atoms with E-state index < -0.39 is 6.10 Å². The fourth-order valence-electron chi connectivity index (χ4n) is 5.54. The number of rotatable bonds is 7. The van der Waals surface area contributed by atoms with Crippen molar-refractivity contribution in [2.24, 2.45) is 0 Å². The monoisotopic (exact) mass is 530 g/mol. The smallest absolute Gasteiger partial charge is 0.255 e. The number of aliphatic hydroxyl groups excluding tert-OH is 1. The van der Waals surface area contributed by atoms with Gasteiger partial charge in [-0.1, -0.05) is 30.3 Å². The van der Waals surface area contributed by atoms with Crippen LogP contribution in [0.3, 0.4) is 0 Å². The molecule has 0 bridgehead atoms. The van der Waals surface area contributed by atoms with Crippen molar-refractivity contribution in [2.75, 3.05) is 18.7 Å². The van der Waals surface area contributed by atoms with Gasteiger partial charge in [-0.15, -0.1) is 0 Å². The fourth-order valence-corrected chi connectivity index (χ4v) is 5.54. The number of ether oxygens (including phenoxy) is 4. The van der Waals surface area contributed by atoms with E-state index in [0.717, 1.165) is 11.1 Å². The highest BCUT2D eigenvalue weighted by molar-refractivity contribution is 6.04. The van der Waals surface area contributed by atoms with Gasteiger partial charge in [-0.2, -0.15) is 0 Å². The van der Waals surface area contributed by atoms with Crippen LogP contribution >= 0.6 is 0 Å². The average Bonchev–Trinajstić information content (AvgIpc) is 3.57. The molecule has 9 nitrogen and oxygen atoms in total. The Hall–Kier alpha value is -4.08. The lowest BCUT2D eigenvalue weighted by Crippen LogP contribution is -2.47. The van der Waals surface area contributed by atoms with E-state index in [0.29, 0.717) is 34.9 Å². The highest BCUT2D eigenvalue weighted by Crippen LogP contribution is 2.47. The molecule has 3 N–H and O–H groups in total. The first kappa shape index (κ1) is 25.2. The summed E-state index contributed by atoms with van der Waals surface area (Å²) in [5.74, 6) is 1.37. The Morgan fingerprint density at radius 2 is 1.79 bits per heavy atom. The summed E-state index contributed by atoms with van der Waals surface area (Å²) in [6.45, 7) is 1.87. The van der Waals surface area contributed by atoms with Gasteiger partial charge in [0.1, 0.15) is 18.0 Å². The van der Waals surface area contributed by atoms with E-state index in [1.165, 1.54) is 0 Å². The number of nitrogens with one attached hydrogen (secondary N) is 2. The molecule has 0 aromatic heterocycles. The summed E-state index contributed by atoms with van der Waals surface area (Å²) in [5, 5.41) is 16.0. The molecule has 5 atom stereocenters. The molecule has 0 radical (unpaired) electrons. The Balaban J connectivity index is 1.14. The van der Waals surface area contributed by atoms with Gasteiger partial charge in [0, 0.05) is 22.7 Å². The third kappa shape index (κ3) is 5.15. The molecule has 6 rings (SSSR count). The molecule has 3 aromatic rings. The summed E-state index contributed by atoms with van der Waals surface area (Å²) < 4.78 is 23.0. The Morgan fingerprint density at radius 3 is 2.62 bits per heavy atom. The second-order valence-corrected chi connectivity index (χ2v) is 10.1. The van der Waals surface area contributed by atoms with Gasteiger partial charge < -0.3 is 34.7 Å². The van der Waals surface area contributed by atoms with Crippen LogP contribution in [0.2, 0.25) is 0 Å². The molecule has 3 heterocycles. The lowest BCUT2D eigenvalue weighted by atomic mass is 9.84. The quantitative estimate of drug-likeness (QED) is 0.424. The molecule has 3 aliphatic heterocycles. The van der Waals surface area contributed by atoms with Gasteiger partial charge in [-0.3, -0.25) is 9.59 Å². The van der Waals surface area contributed by atoms with Crippen LogP contribution in [0, 0.1) is 0 Å². The number of anilines is 1. The van der Waals surface area contributed by atoms with Crippen LogP contribution < -0.4 is 24.8 Å². The third-order valence-corrected chi connectivity index (χ3v) is 7.48. The highest BCUT2D eigenvalue weighted by Gasteiger charge is 2.46. The van der Waals surface area contributed by atoms with Crippen molar-refractivity contribution < 1.29 is 33.6 Å². The van der Waals surface area contributed by atoms with Crippen LogP contribution in [0.1, 0.15) is 53.2 Å². The van der Waals surface area contributed by atoms with E-state index in [1.54, 1.807) is 24.3 Å². The second kappa shape index (κ2) is 10.6. The van der Waals surface area contributed by atoms with Gasteiger partial charge in [-0.05, 0) is 55.3 Å². The molecule has 1 saturated heterocycles. The maximum atomic E-state index is 12.9. The summed E-state index contributed by atoms with van der Waals surface area (Å²) in [5.41, 5.74) is 3.03. The summed E-state index contributed by atoms with van der Waals surface area (Å²) in [6.07, 6.45) is -0.583. The van der Waals surface area contributed by atoms with E-state index in [1.807, 2.05) is 49.4 Å². The van der Waals surface area contributed by atoms with Gasteiger partial charge >= 0.3 is 0 Å². The average molecular weight is 531 g/mol. The second-order valence-electron chi connectivity index (χ2n) is 10.1. The van der Waals surface area contributed by atoms with Crippen LogP contribution in [-0.4, -0.2) is 48.6 Å². The lowest BCUT2D eigenvalue weighted by molar-refractivity contribution is -0.142. The number of hydrogen-bond acceptors (Lipinski definition) is 7. The molecule has 3 aromatic carbocycles. The van der Waals surface area contributed by atoms with Crippen molar-refractivity contribution in [3.05, 3.63) is 83.4 Å². The van der Waals surface area contributed by atoms with Crippen molar-refractivity contribution in [1.29, 1.82) is 0 Å². The van der Waals surface area contributed by atoms with Crippen molar-refractivity contribution in [2.45, 2.75) is 50.0 Å². The third-order valence-electron chi connectivity index (χ3n) is 7.48. The van der Waals surface area contributed by atoms with Crippen LogP contribution in [0.4, 0.5) is 5.69 Å². The maximum absolute atomic E-state index is 12.9. The van der Waals surface area contributed by atoms with Gasteiger partial charge in [-0.25, -0.2) is 0 Å². The topological polar surface area (TPSA) is 115 Å². The van der Waals surface area contributed by atoms with E-state index in [2.05, 4.69) is 10.6 Å². The minimum Gasteiger partial charge on any atom is -0.487 e. The molecule has 202 valence electrons. The predicted molar refractivity (Wildman–Crippen MR) is 142 cm³/mol. The number of carbonyl (C=O) groups excluding carboxylic acids is 2. The Morgan fingerprint density at radius 1 is 1.00 bits per heavy atom. The van der Waals surface area contributed by atoms with Gasteiger partial charge in [0.05, 0.1) is 25.2 Å². The van der Waals surface area contributed by atoms with E-state index >= 15 is 0 Å². The summed E-state index contributed by atoms with van der Waals surface area (Å²) in [4.78, 5) is 25.8. The first-order valence-electron chi connectivity index (χ1n) is 13.1. The van der Waals surface area contributed by atoms with E-state index in [4.69, 9.17) is 18.9 Å². The number of benzene rings is 3. The van der Waals surface area contributed by atoms with Crippen molar-refractivity contribution in [3.8, 4) is 17.2 Å². The maximum Gasteiger partial charge on any atom is 0.255 e. The van der Waals surface area contributed by atoms with Gasteiger partial charge in [0.25, 0.3) is 5.91 Å². The number of hydrogen-bond donors (Lipinski definition) is 3. The normalized spacial score (nSPS) is 23.2. The van der Waals surface area contributed by atoms with Crippen LogP contribution in [0.15, 0.2) is 66.7 Å². The van der Waals surface area contributed by atoms with E-state index in [-0.39, 0.29) is 55.8 Å². The SMILES string of the molecule is C[C@@H](NC(=O)C[C@H]1C[C@@H]2c3cc(NC(=O)c4ccc5c(c4)OCO5)ccc3O[C@@H]2[C@H](CO)O1)c1ccccc1. The molecule has 1 fully saturated rings. The molecule has 0 spiro atoms. The van der Waals surface area contributed by atoms with Crippen LogP contribution in [0.25, 0.3) is 0 Å². The van der Waals surface area contributed by atoms with Crippen LogP contribution in [0.5, 0.6) is 17.2 Å². The van der Waals surface area contributed by atoms with E-state index in [9.17, 15) is 14.7 Å². The molecular formula is C30H30N2O7. The zero-order valence-corrected chi connectivity index (χ0v) is 21.5. The fraction of sp³-hybridized carbons (Fsp3) is 0.333. The minimum absolute atomic E-state index is 0.0855. The Labute approximate surface area is 226 Å². The highest BCUT2D eigenvalue weighted by atomic mass is 16.7. The van der Waals surface area contributed by atoms with Crippen molar-refractivity contribution >= 4 is 17.5 Å². The number of aliphatic hydroxyl groups is 1. The number of amides is 2. The van der Waals surface area contributed by atoms with Gasteiger partial charge in [0.15, 0.2) is 11.5 Å². The minimum atomic E-state index is -0.563. The standard InChI is InChI=1S/C30H30N2O7/c1-17(18-5-3-2-4-6-18)31-28(34)14-21-13-23-22-12-20(8-10-24(22)39-29(23)27(15-33)38-21)32-30(35)19-7-9-25-26(11-19)37-16-36-25/h2-12,17,21,23,27,29,33H,13-16H2,1H3,(H,31,34)(H,32,35)/t17-,21-,23-,27+,29+/m1/s1.